The summed E-state index contributed by atoms with van der Waals surface area (Å²) in [6.07, 6.45) is 9.54. The summed E-state index contributed by atoms with van der Waals surface area (Å²) in [5.74, 6) is 1.26. The van der Waals surface area contributed by atoms with Gasteiger partial charge in [0.15, 0.2) is 0 Å². The summed E-state index contributed by atoms with van der Waals surface area (Å²) in [4.78, 5) is 6.38. The first-order valence-corrected chi connectivity index (χ1v) is 7.94. The van der Waals surface area contributed by atoms with E-state index in [0.717, 1.165) is 25.4 Å². The molecule has 1 aliphatic carbocycles. The number of rotatable bonds is 6. The van der Waals surface area contributed by atoms with Gasteiger partial charge in [-0.15, -0.1) is 0 Å². The van der Waals surface area contributed by atoms with Gasteiger partial charge < -0.3 is 10.0 Å². The molecule has 0 amide bonds. The number of aromatic nitrogens is 1. The molecule has 0 saturated heterocycles. The van der Waals surface area contributed by atoms with Crippen LogP contribution in [0.3, 0.4) is 0 Å². The molecular formula is C17H28N2O. The van der Waals surface area contributed by atoms with Crippen LogP contribution in [0.4, 0.5) is 0 Å². The third-order valence-electron chi connectivity index (χ3n) is 4.50. The number of pyridine rings is 1. The molecule has 2 rings (SSSR count). The standard InChI is InChI=1S/C17H28N2O/c1-3-4-14-5-6-17(20)16(11-14)13-19(2)12-15-7-9-18-10-8-15/h7-10,14,16-17,20H,3-6,11-13H2,1-2H3. The zero-order valence-corrected chi connectivity index (χ0v) is 12.8. The summed E-state index contributed by atoms with van der Waals surface area (Å²) < 4.78 is 0. The lowest BCUT2D eigenvalue weighted by Crippen LogP contribution is -2.37. The smallest absolute Gasteiger partial charge is 0.0580 e. The van der Waals surface area contributed by atoms with Crippen molar-refractivity contribution in [1.82, 2.24) is 9.88 Å². The first kappa shape index (κ1) is 15.5. The number of aliphatic hydroxyl groups excluding tert-OH is 1. The fraction of sp³-hybridized carbons (Fsp3) is 0.706. The summed E-state index contributed by atoms with van der Waals surface area (Å²) in [6, 6.07) is 4.13. The van der Waals surface area contributed by atoms with Crippen molar-refractivity contribution in [2.75, 3.05) is 13.6 Å². The summed E-state index contributed by atoms with van der Waals surface area (Å²) in [5.41, 5.74) is 1.29. The van der Waals surface area contributed by atoms with Crippen molar-refractivity contribution in [3.63, 3.8) is 0 Å². The van der Waals surface area contributed by atoms with Crippen LogP contribution in [-0.2, 0) is 6.54 Å². The molecular weight excluding hydrogens is 248 g/mol. The van der Waals surface area contributed by atoms with Gasteiger partial charge in [-0.1, -0.05) is 19.8 Å². The largest absolute Gasteiger partial charge is 0.393 e. The van der Waals surface area contributed by atoms with Gasteiger partial charge in [-0.05, 0) is 55.8 Å². The SMILES string of the molecule is CCCC1CCC(O)C(CN(C)Cc2ccncc2)C1. The molecule has 0 radical (unpaired) electrons. The molecule has 3 unspecified atom stereocenters. The van der Waals surface area contributed by atoms with Gasteiger partial charge in [0, 0.05) is 25.5 Å². The Balaban J connectivity index is 1.84. The van der Waals surface area contributed by atoms with Gasteiger partial charge in [0.05, 0.1) is 6.10 Å². The van der Waals surface area contributed by atoms with Crippen molar-refractivity contribution < 1.29 is 5.11 Å². The highest BCUT2D eigenvalue weighted by molar-refractivity contribution is 5.09. The summed E-state index contributed by atoms with van der Waals surface area (Å²) in [6.45, 7) is 4.18. The van der Waals surface area contributed by atoms with E-state index in [-0.39, 0.29) is 6.10 Å². The Bertz CT molecular complexity index is 382. The lowest BCUT2D eigenvalue weighted by Gasteiger charge is -2.35. The molecule has 1 fully saturated rings. The Morgan fingerprint density at radius 1 is 1.30 bits per heavy atom. The molecule has 112 valence electrons. The van der Waals surface area contributed by atoms with Crippen molar-refractivity contribution in [1.29, 1.82) is 0 Å². The third-order valence-corrected chi connectivity index (χ3v) is 4.50. The van der Waals surface area contributed by atoms with E-state index in [2.05, 4.69) is 36.0 Å². The lowest BCUT2D eigenvalue weighted by atomic mass is 9.77. The maximum absolute atomic E-state index is 10.2. The van der Waals surface area contributed by atoms with Gasteiger partial charge in [0.25, 0.3) is 0 Å². The van der Waals surface area contributed by atoms with Crippen molar-refractivity contribution >= 4 is 0 Å². The molecule has 1 heterocycles. The molecule has 1 saturated carbocycles. The molecule has 0 spiro atoms. The lowest BCUT2D eigenvalue weighted by molar-refractivity contribution is 0.0288. The number of hydrogen-bond donors (Lipinski definition) is 1. The van der Waals surface area contributed by atoms with Crippen LogP contribution in [0.15, 0.2) is 24.5 Å². The molecule has 0 aliphatic heterocycles. The van der Waals surface area contributed by atoms with Crippen LogP contribution in [0.5, 0.6) is 0 Å². The van der Waals surface area contributed by atoms with Gasteiger partial charge in [-0.3, -0.25) is 4.98 Å². The highest BCUT2D eigenvalue weighted by Crippen LogP contribution is 2.32. The Labute approximate surface area is 123 Å². The van der Waals surface area contributed by atoms with Gasteiger partial charge in [0.1, 0.15) is 0 Å². The summed E-state index contributed by atoms with van der Waals surface area (Å²) in [5, 5.41) is 10.2. The predicted octanol–water partition coefficient (Wildman–Crippen LogP) is 3.09. The molecule has 3 heteroatoms. The highest BCUT2D eigenvalue weighted by atomic mass is 16.3. The zero-order chi connectivity index (χ0) is 14.4. The van der Waals surface area contributed by atoms with Gasteiger partial charge >= 0.3 is 0 Å². The van der Waals surface area contributed by atoms with E-state index in [4.69, 9.17) is 0 Å². The molecule has 1 N–H and O–H groups in total. The molecule has 1 aliphatic rings. The van der Waals surface area contributed by atoms with E-state index in [1.54, 1.807) is 0 Å². The fourth-order valence-electron chi connectivity index (χ4n) is 3.48. The van der Waals surface area contributed by atoms with E-state index < -0.39 is 0 Å². The van der Waals surface area contributed by atoms with E-state index >= 15 is 0 Å². The molecule has 20 heavy (non-hydrogen) atoms. The van der Waals surface area contributed by atoms with Crippen LogP contribution < -0.4 is 0 Å². The Morgan fingerprint density at radius 2 is 2.05 bits per heavy atom. The average Bonchev–Trinajstić information content (AvgIpc) is 2.44. The Kier molecular flexibility index (Phi) is 5.99. The molecule has 0 bridgehead atoms. The minimum atomic E-state index is -0.108. The maximum atomic E-state index is 10.2. The predicted molar refractivity (Wildman–Crippen MR) is 82.3 cm³/mol. The molecule has 3 nitrogen and oxygen atoms in total. The third kappa shape index (κ3) is 4.57. The van der Waals surface area contributed by atoms with Crippen molar-refractivity contribution in [2.45, 2.75) is 51.7 Å². The number of nitrogens with zero attached hydrogens (tertiary/aromatic N) is 2. The van der Waals surface area contributed by atoms with Crippen molar-refractivity contribution in [2.24, 2.45) is 11.8 Å². The van der Waals surface area contributed by atoms with Gasteiger partial charge in [-0.25, -0.2) is 0 Å². The summed E-state index contributed by atoms with van der Waals surface area (Å²) in [7, 11) is 2.15. The highest BCUT2D eigenvalue weighted by Gasteiger charge is 2.29. The van der Waals surface area contributed by atoms with Crippen LogP contribution in [0.2, 0.25) is 0 Å². The average molecular weight is 276 g/mol. The van der Waals surface area contributed by atoms with E-state index in [1.807, 2.05) is 12.4 Å². The quantitative estimate of drug-likeness (QED) is 0.867. The van der Waals surface area contributed by atoms with Crippen LogP contribution in [0, 0.1) is 11.8 Å². The minimum Gasteiger partial charge on any atom is -0.393 e. The van der Waals surface area contributed by atoms with E-state index in [9.17, 15) is 5.11 Å². The fourth-order valence-corrected chi connectivity index (χ4v) is 3.48. The Hall–Kier alpha value is -0.930. The number of aliphatic hydroxyl groups is 1. The normalized spacial score (nSPS) is 26.9. The second kappa shape index (κ2) is 7.75. The minimum absolute atomic E-state index is 0.108. The molecule has 1 aromatic heterocycles. The molecule has 0 aromatic carbocycles. The van der Waals surface area contributed by atoms with Crippen LogP contribution >= 0.6 is 0 Å². The van der Waals surface area contributed by atoms with Gasteiger partial charge in [-0.2, -0.15) is 0 Å². The monoisotopic (exact) mass is 276 g/mol. The van der Waals surface area contributed by atoms with E-state index in [1.165, 1.54) is 31.2 Å². The number of hydrogen-bond acceptors (Lipinski definition) is 3. The van der Waals surface area contributed by atoms with Crippen molar-refractivity contribution in [3.05, 3.63) is 30.1 Å². The molecule has 3 atom stereocenters. The maximum Gasteiger partial charge on any atom is 0.0580 e. The second-order valence-electron chi connectivity index (χ2n) is 6.35. The second-order valence-corrected chi connectivity index (χ2v) is 6.35. The summed E-state index contributed by atoms with van der Waals surface area (Å²) >= 11 is 0. The van der Waals surface area contributed by atoms with Crippen LogP contribution in [-0.4, -0.2) is 34.7 Å². The van der Waals surface area contributed by atoms with Gasteiger partial charge in [0.2, 0.25) is 0 Å². The van der Waals surface area contributed by atoms with Crippen LogP contribution in [0.25, 0.3) is 0 Å². The Morgan fingerprint density at radius 3 is 2.75 bits per heavy atom. The zero-order valence-electron chi connectivity index (χ0n) is 12.8. The topological polar surface area (TPSA) is 36.4 Å². The first-order valence-electron chi connectivity index (χ1n) is 7.94. The molecule has 1 aromatic rings. The van der Waals surface area contributed by atoms with E-state index in [0.29, 0.717) is 5.92 Å². The van der Waals surface area contributed by atoms with Crippen molar-refractivity contribution in [3.8, 4) is 0 Å². The first-order chi connectivity index (χ1) is 9.69. The van der Waals surface area contributed by atoms with Crippen LogP contribution in [0.1, 0.15) is 44.6 Å².